The number of phenolic OH excluding ortho intramolecular Hbond substituents is 10. The lowest BCUT2D eigenvalue weighted by Crippen LogP contribution is -2.28. The molecule has 0 aliphatic rings. The standard InChI is InChI=1S/2C19H24O2.2C18H22O2.C17H20O2/c1-3-4-5-14-19(2,15-6-10-17(20)11-7-15)16-8-12-18(21)13-9-16;1-3-13-19(14-4-2,15-9-5-7-11-17(15)20)16-10-6-8-12-18(16)21;1-13(2)12-18(3,14-4-8-16(19)9-5-14)15-6-10-17(20)11-7-15;1-3-4-13-18(2,14-9-5-7-11-16(14)19)15-10-6-8-12-17(15)20;1-3-12-17(2,13-4-8-15(18)9-5-13)14-6-10-16(19)11-7-14/h6-13,20-21H,3-5,14H2,1-2H3;5-12,20-21H,3-4,13-14H2,1-2H3;4-11,13,19-20H,12H2,1-3H3;5-12,19-20H,3-4,13H2,1-2H3;4-11,18-19H,3,12H2,1-2H3. The van der Waals surface area contributed by atoms with Crippen molar-refractivity contribution < 1.29 is 51.1 Å². The van der Waals surface area contributed by atoms with E-state index < -0.39 is 0 Å². The predicted molar refractivity (Wildman–Crippen MR) is 416 cm³/mol. The fourth-order valence-corrected chi connectivity index (χ4v) is 14.6. The molecule has 10 aromatic rings. The number of para-hydroxylation sites is 4. The fourth-order valence-electron chi connectivity index (χ4n) is 14.6. The molecular weight excluding hydrogens is 1250 g/mol. The summed E-state index contributed by atoms with van der Waals surface area (Å²) in [4.78, 5) is 0. The summed E-state index contributed by atoms with van der Waals surface area (Å²) in [5, 5.41) is 98.0. The third kappa shape index (κ3) is 21.1. The van der Waals surface area contributed by atoms with Gasteiger partial charge in [-0.1, -0.05) is 273 Å². The van der Waals surface area contributed by atoms with Crippen LogP contribution in [0.5, 0.6) is 57.5 Å². The van der Waals surface area contributed by atoms with E-state index in [0.717, 1.165) is 99.3 Å². The van der Waals surface area contributed by atoms with Crippen molar-refractivity contribution in [2.75, 3.05) is 0 Å². The molecule has 10 aromatic carbocycles. The SMILES string of the molecule is CC(C)CC(C)(c1ccc(O)cc1)c1ccc(O)cc1.CCCC(C)(c1ccc(O)cc1)c1ccc(O)cc1.CCCC(CCC)(c1ccccc1O)c1ccccc1O.CCCCC(C)(c1ccccc1O)c1ccccc1O.CCCCCC(C)(c1ccc(O)cc1)c1ccc(O)cc1. The first-order chi connectivity index (χ1) is 48.3. The van der Waals surface area contributed by atoms with Gasteiger partial charge in [-0.3, -0.25) is 0 Å². The Balaban J connectivity index is 0.000000199. The van der Waals surface area contributed by atoms with Gasteiger partial charge in [-0.15, -0.1) is 0 Å². The van der Waals surface area contributed by atoms with Crippen LogP contribution >= 0.6 is 0 Å². The second-order valence-electron chi connectivity index (χ2n) is 28.2. The van der Waals surface area contributed by atoms with E-state index in [9.17, 15) is 51.1 Å². The lowest BCUT2D eigenvalue weighted by Gasteiger charge is -2.36. The van der Waals surface area contributed by atoms with Gasteiger partial charge in [0.15, 0.2) is 0 Å². The number of phenols is 10. The predicted octanol–water partition coefficient (Wildman–Crippen LogP) is 23.2. The molecule has 0 aliphatic heterocycles. The van der Waals surface area contributed by atoms with Crippen molar-refractivity contribution in [3.63, 3.8) is 0 Å². The van der Waals surface area contributed by atoms with E-state index >= 15 is 0 Å². The van der Waals surface area contributed by atoms with Crippen LogP contribution in [-0.4, -0.2) is 51.1 Å². The summed E-state index contributed by atoms with van der Waals surface area (Å²) >= 11 is 0. The summed E-state index contributed by atoms with van der Waals surface area (Å²) in [7, 11) is 0. The van der Waals surface area contributed by atoms with Gasteiger partial charge in [0.1, 0.15) is 57.5 Å². The zero-order valence-corrected chi connectivity index (χ0v) is 61.5. The fraction of sp³-hybridized carbons (Fsp3) is 0.341. The molecule has 536 valence electrons. The summed E-state index contributed by atoms with van der Waals surface area (Å²) < 4.78 is 0. The Kier molecular flexibility index (Phi) is 30.3. The number of unbranched alkanes of at least 4 members (excludes halogenated alkanes) is 3. The maximum atomic E-state index is 10.4. The smallest absolute Gasteiger partial charge is 0.119 e. The van der Waals surface area contributed by atoms with E-state index in [2.05, 4.69) is 76.2 Å². The molecule has 101 heavy (non-hydrogen) atoms. The Morgan fingerprint density at radius 1 is 0.238 bits per heavy atom. The zero-order chi connectivity index (χ0) is 73.8. The Hall–Kier alpha value is -9.80. The first-order valence-electron chi connectivity index (χ1n) is 36.2. The van der Waals surface area contributed by atoms with Gasteiger partial charge in [0, 0.05) is 49.3 Å². The van der Waals surface area contributed by atoms with Crippen LogP contribution in [-0.2, 0) is 27.1 Å². The summed E-state index contributed by atoms with van der Waals surface area (Å²) in [5.41, 5.74) is 9.62. The van der Waals surface area contributed by atoms with Gasteiger partial charge in [0.25, 0.3) is 0 Å². The Bertz CT molecular complexity index is 3790. The lowest BCUT2D eigenvalue weighted by molar-refractivity contribution is 0.374. The molecule has 10 heteroatoms. The first-order valence-corrected chi connectivity index (χ1v) is 36.2. The van der Waals surface area contributed by atoms with Gasteiger partial charge in [-0.05, 0) is 175 Å². The molecule has 10 nitrogen and oxygen atoms in total. The van der Waals surface area contributed by atoms with Crippen molar-refractivity contribution in [1.82, 2.24) is 0 Å². The van der Waals surface area contributed by atoms with Crippen molar-refractivity contribution >= 4 is 0 Å². The van der Waals surface area contributed by atoms with Crippen molar-refractivity contribution in [1.29, 1.82) is 0 Å². The van der Waals surface area contributed by atoms with Crippen LogP contribution in [0.25, 0.3) is 0 Å². The minimum Gasteiger partial charge on any atom is -0.508 e. The van der Waals surface area contributed by atoms with Gasteiger partial charge in [0.2, 0.25) is 0 Å². The molecule has 0 saturated carbocycles. The van der Waals surface area contributed by atoms with Crippen LogP contribution in [0, 0.1) is 5.92 Å². The van der Waals surface area contributed by atoms with E-state index in [-0.39, 0.29) is 61.6 Å². The molecule has 0 aromatic heterocycles. The summed E-state index contributed by atoms with van der Waals surface area (Å²) in [6.07, 6.45) is 14.5. The normalized spacial score (nSPS) is 11.6. The molecule has 0 saturated heterocycles. The van der Waals surface area contributed by atoms with E-state index in [4.69, 9.17) is 0 Å². The molecule has 10 N–H and O–H groups in total. The minimum atomic E-state index is -0.382. The first kappa shape index (κ1) is 80.2. The van der Waals surface area contributed by atoms with Gasteiger partial charge in [0.05, 0.1) is 0 Å². The third-order valence-electron chi connectivity index (χ3n) is 20.1. The van der Waals surface area contributed by atoms with Crippen molar-refractivity contribution in [2.24, 2.45) is 5.92 Å². The molecule has 0 unspecified atom stereocenters. The van der Waals surface area contributed by atoms with E-state index in [1.165, 1.54) is 46.2 Å². The van der Waals surface area contributed by atoms with Crippen LogP contribution in [0.4, 0.5) is 0 Å². The lowest BCUT2D eigenvalue weighted by atomic mass is 9.68. The number of benzene rings is 10. The second-order valence-corrected chi connectivity index (χ2v) is 28.2. The Morgan fingerprint density at radius 2 is 0.475 bits per heavy atom. The Labute approximate surface area is 602 Å². The molecule has 0 spiro atoms. The van der Waals surface area contributed by atoms with Crippen molar-refractivity contribution in [2.45, 2.75) is 193 Å². The monoisotopic (exact) mass is 1360 g/mol. The molecule has 0 heterocycles. The maximum Gasteiger partial charge on any atom is 0.119 e. The largest absolute Gasteiger partial charge is 0.508 e. The average molecular weight is 1370 g/mol. The van der Waals surface area contributed by atoms with E-state index in [0.29, 0.717) is 28.9 Å². The van der Waals surface area contributed by atoms with Crippen LogP contribution in [0.3, 0.4) is 0 Å². The second kappa shape index (κ2) is 38.1. The summed E-state index contributed by atoms with van der Waals surface area (Å²) in [6, 6.07) is 74.4. The molecule has 0 fully saturated rings. The number of rotatable bonds is 25. The van der Waals surface area contributed by atoms with Crippen molar-refractivity contribution in [3.05, 3.63) is 298 Å². The van der Waals surface area contributed by atoms with E-state index in [1.807, 2.05) is 146 Å². The van der Waals surface area contributed by atoms with Gasteiger partial charge in [-0.2, -0.15) is 0 Å². The Morgan fingerprint density at radius 3 is 0.723 bits per heavy atom. The molecule has 0 atom stereocenters. The van der Waals surface area contributed by atoms with E-state index in [1.54, 1.807) is 97.1 Å². The highest BCUT2D eigenvalue weighted by molar-refractivity contribution is 5.53. The van der Waals surface area contributed by atoms with Crippen LogP contribution in [0.2, 0.25) is 0 Å². The minimum absolute atomic E-state index is 0.101. The highest BCUT2D eigenvalue weighted by Crippen LogP contribution is 2.49. The third-order valence-corrected chi connectivity index (χ3v) is 20.1. The molecule has 0 radical (unpaired) electrons. The topological polar surface area (TPSA) is 202 Å². The number of aromatic hydroxyl groups is 10. The van der Waals surface area contributed by atoms with Crippen LogP contribution in [0.15, 0.2) is 243 Å². The molecule has 0 amide bonds. The van der Waals surface area contributed by atoms with Crippen molar-refractivity contribution in [3.8, 4) is 57.5 Å². The molecule has 0 aliphatic carbocycles. The van der Waals surface area contributed by atoms with Gasteiger partial charge in [-0.25, -0.2) is 0 Å². The van der Waals surface area contributed by atoms with Crippen LogP contribution < -0.4 is 0 Å². The maximum absolute atomic E-state index is 10.4. The zero-order valence-electron chi connectivity index (χ0n) is 61.5. The van der Waals surface area contributed by atoms with Crippen LogP contribution in [0.1, 0.15) is 222 Å². The number of hydrogen-bond donors (Lipinski definition) is 10. The highest BCUT2D eigenvalue weighted by Gasteiger charge is 2.38. The van der Waals surface area contributed by atoms with Gasteiger partial charge >= 0.3 is 0 Å². The highest BCUT2D eigenvalue weighted by atomic mass is 16.3. The number of hydrogen-bond acceptors (Lipinski definition) is 10. The quantitative estimate of drug-likeness (QED) is 0.0245. The average Bonchev–Trinajstić information content (AvgIpc) is 0.711. The van der Waals surface area contributed by atoms with Gasteiger partial charge < -0.3 is 51.1 Å². The summed E-state index contributed by atoms with van der Waals surface area (Å²) in [6.45, 7) is 24.0. The summed E-state index contributed by atoms with van der Waals surface area (Å²) in [5.74, 6) is 3.46. The molecule has 10 rings (SSSR count). The molecule has 0 bridgehead atoms. The molecular formula is C91H112O10.